The second-order valence-electron chi connectivity index (χ2n) is 15.4. The maximum absolute atomic E-state index is 14.4. The zero-order valence-electron chi connectivity index (χ0n) is 33.2. The van der Waals surface area contributed by atoms with E-state index in [1.54, 1.807) is 0 Å². The third-order valence-corrected chi connectivity index (χ3v) is 17.9. The van der Waals surface area contributed by atoms with Gasteiger partial charge in [-0.05, 0) is 104 Å². The average molecular weight is 819 g/mol. The molecule has 11 aromatic rings. The van der Waals surface area contributed by atoms with Gasteiger partial charge < -0.3 is 4.90 Å². The number of aromatic nitrogens is 1. The van der Waals surface area contributed by atoms with Crippen LogP contribution in [0.15, 0.2) is 237 Å². The van der Waals surface area contributed by atoms with Gasteiger partial charge >= 0.3 is 0 Å². The van der Waals surface area contributed by atoms with Gasteiger partial charge in [-0.1, -0.05) is 170 Å². The number of hydrogen-bond donors (Lipinski definition) is 0. The largest absolute Gasteiger partial charge is 0.311 e. The third-order valence-electron chi connectivity index (χ3n) is 12.0. The molecule has 0 fully saturated rings. The molecule has 0 saturated heterocycles. The molecule has 0 unspecified atom stereocenters. The van der Waals surface area contributed by atoms with E-state index in [2.05, 4.69) is 222 Å². The van der Waals surface area contributed by atoms with E-state index in [1.807, 2.05) is 23.5 Å². The van der Waals surface area contributed by atoms with Gasteiger partial charge in [-0.25, -0.2) is 4.39 Å². The first kappa shape index (κ1) is 36.7. The quantitative estimate of drug-likeness (QED) is 0.104. The lowest BCUT2D eigenvalue weighted by Gasteiger charge is -2.35. The number of fused-ring (bicyclic) bond motifs is 5. The number of hydrogen-bond acceptors (Lipinski definition) is 2. The van der Waals surface area contributed by atoms with Crippen molar-refractivity contribution in [1.82, 2.24) is 4.40 Å². The van der Waals surface area contributed by atoms with Gasteiger partial charge in [-0.15, -0.1) is 11.3 Å². The summed E-state index contributed by atoms with van der Waals surface area (Å²) in [5.41, 5.74) is 10.1. The van der Waals surface area contributed by atoms with Crippen LogP contribution >= 0.6 is 11.3 Å². The van der Waals surface area contributed by atoms with Crippen LogP contribution in [0.25, 0.3) is 48.2 Å². The molecule has 0 saturated carbocycles. The molecule has 0 spiro atoms. The topological polar surface area (TPSA) is 7.65 Å². The Labute approximate surface area is 359 Å². The Morgan fingerprint density at radius 3 is 1.43 bits per heavy atom. The summed E-state index contributed by atoms with van der Waals surface area (Å²) in [6, 6.07) is 83.8. The van der Waals surface area contributed by atoms with Gasteiger partial charge in [0.15, 0.2) is 8.07 Å². The van der Waals surface area contributed by atoms with E-state index < -0.39 is 8.07 Å². The molecule has 0 radical (unpaired) electrons. The number of thiazole rings is 1. The number of rotatable bonds is 9. The van der Waals surface area contributed by atoms with Crippen molar-refractivity contribution in [2.75, 3.05) is 4.90 Å². The highest BCUT2D eigenvalue weighted by molar-refractivity contribution is 7.24. The predicted molar refractivity (Wildman–Crippen MR) is 259 cm³/mol. The molecule has 2 aromatic heterocycles. The van der Waals surface area contributed by atoms with Crippen LogP contribution in [0.4, 0.5) is 21.5 Å². The molecule has 0 aliphatic rings. The van der Waals surface area contributed by atoms with E-state index in [0.717, 1.165) is 28.2 Å². The summed E-state index contributed by atoms with van der Waals surface area (Å²) in [6.45, 7) is 0. The second kappa shape index (κ2) is 15.4. The maximum Gasteiger partial charge on any atom is 0.179 e. The minimum absolute atomic E-state index is 0.260. The molecule has 61 heavy (non-hydrogen) atoms. The van der Waals surface area contributed by atoms with Crippen molar-refractivity contribution >= 4 is 83.2 Å². The fourth-order valence-electron chi connectivity index (χ4n) is 9.27. The van der Waals surface area contributed by atoms with Gasteiger partial charge in [-0.3, -0.25) is 4.40 Å². The number of halogens is 1. The van der Waals surface area contributed by atoms with Crippen molar-refractivity contribution in [3.05, 3.63) is 242 Å². The SMILES string of the molecule is Fc1ccc(N(c2ccc(-c3ccc4c(c3)sc3c(-c5ccccc5)c5ccccc5n34)cc2)c2ccc([Si](c3ccccc3)(c3ccccc3)c3ccccc3)cc2)cc1. The Morgan fingerprint density at radius 2 is 0.852 bits per heavy atom. The Balaban J connectivity index is 0.994. The van der Waals surface area contributed by atoms with Crippen molar-refractivity contribution in [3.63, 3.8) is 0 Å². The minimum atomic E-state index is -2.70. The highest BCUT2D eigenvalue weighted by atomic mass is 32.1. The summed E-state index contributed by atoms with van der Waals surface area (Å²) < 4.78 is 18.1. The standard InChI is InChI=1S/C56H39FN2SSi/c57-43-28-32-45(33-29-43)58(46-34-36-50(37-35-46)61(47-17-7-2-8-18-47,48-19-9-3-10-20-48)49-21-11-4-12-22-49)44-30-25-40(26-31-44)42-27-38-53-54(39-42)60-56-55(41-15-5-1-6-16-41)51-23-13-14-24-52(51)59(53)56/h1-39H. The smallest absolute Gasteiger partial charge is 0.179 e. The third kappa shape index (κ3) is 6.29. The Kier molecular flexibility index (Phi) is 9.26. The normalized spacial score (nSPS) is 11.7. The van der Waals surface area contributed by atoms with Crippen molar-refractivity contribution in [2.24, 2.45) is 0 Å². The molecule has 0 bridgehead atoms. The van der Waals surface area contributed by atoms with Gasteiger partial charge in [0, 0.05) is 28.0 Å². The van der Waals surface area contributed by atoms with Crippen LogP contribution in [0.2, 0.25) is 0 Å². The van der Waals surface area contributed by atoms with E-state index >= 15 is 0 Å². The van der Waals surface area contributed by atoms with Crippen LogP contribution < -0.4 is 25.6 Å². The molecule has 9 aromatic carbocycles. The lowest BCUT2D eigenvalue weighted by atomic mass is 10.0. The molecule has 290 valence electrons. The zero-order valence-corrected chi connectivity index (χ0v) is 35.0. The van der Waals surface area contributed by atoms with E-state index in [-0.39, 0.29) is 5.82 Å². The lowest BCUT2D eigenvalue weighted by molar-refractivity contribution is 0.628. The van der Waals surface area contributed by atoms with Crippen molar-refractivity contribution in [2.45, 2.75) is 0 Å². The van der Waals surface area contributed by atoms with Crippen LogP contribution in [0.5, 0.6) is 0 Å². The number of para-hydroxylation sites is 1. The molecule has 0 atom stereocenters. The van der Waals surface area contributed by atoms with Gasteiger partial charge in [-0.2, -0.15) is 0 Å². The van der Waals surface area contributed by atoms with Crippen LogP contribution in [0.3, 0.4) is 0 Å². The maximum atomic E-state index is 14.4. The van der Waals surface area contributed by atoms with Gasteiger partial charge in [0.2, 0.25) is 0 Å². The Hall–Kier alpha value is -7.31. The number of benzene rings is 9. The first-order valence-electron chi connectivity index (χ1n) is 20.6. The molecule has 0 amide bonds. The number of anilines is 3. The molecule has 0 aliphatic heterocycles. The van der Waals surface area contributed by atoms with Crippen molar-refractivity contribution in [3.8, 4) is 22.3 Å². The second-order valence-corrected chi connectivity index (χ2v) is 20.3. The summed E-state index contributed by atoms with van der Waals surface area (Å²) in [6.07, 6.45) is 0. The van der Waals surface area contributed by atoms with E-state index in [4.69, 9.17) is 0 Å². The van der Waals surface area contributed by atoms with Gasteiger partial charge in [0.1, 0.15) is 10.6 Å². The summed E-state index contributed by atoms with van der Waals surface area (Å²) in [4.78, 5) is 3.47. The monoisotopic (exact) mass is 818 g/mol. The van der Waals surface area contributed by atoms with Crippen LogP contribution in [0.1, 0.15) is 0 Å². The van der Waals surface area contributed by atoms with Crippen LogP contribution in [0, 0.1) is 5.82 Å². The molecule has 0 aliphatic carbocycles. The van der Waals surface area contributed by atoms with E-state index in [9.17, 15) is 4.39 Å². The predicted octanol–water partition coefficient (Wildman–Crippen LogP) is 12.6. The Bertz CT molecular complexity index is 3180. The van der Waals surface area contributed by atoms with Crippen molar-refractivity contribution < 1.29 is 4.39 Å². The minimum Gasteiger partial charge on any atom is -0.311 e. The molecule has 11 rings (SSSR count). The number of nitrogens with zero attached hydrogens (tertiary/aromatic N) is 2. The first-order chi connectivity index (χ1) is 30.2. The van der Waals surface area contributed by atoms with Crippen LogP contribution in [-0.4, -0.2) is 12.5 Å². The van der Waals surface area contributed by atoms with Crippen LogP contribution in [-0.2, 0) is 0 Å². The summed E-state index contributed by atoms with van der Waals surface area (Å²) >= 11 is 1.85. The molecular formula is C56H39FN2SSi. The van der Waals surface area contributed by atoms with Gasteiger partial charge in [0.05, 0.1) is 15.7 Å². The first-order valence-corrected chi connectivity index (χ1v) is 23.4. The fraction of sp³-hybridized carbons (Fsp3) is 0. The fourth-order valence-corrected chi connectivity index (χ4v) is 15.3. The van der Waals surface area contributed by atoms with Crippen molar-refractivity contribution in [1.29, 1.82) is 0 Å². The van der Waals surface area contributed by atoms with Gasteiger partial charge in [0.25, 0.3) is 0 Å². The molecule has 2 nitrogen and oxygen atoms in total. The summed E-state index contributed by atoms with van der Waals surface area (Å²) in [7, 11) is -2.70. The zero-order chi connectivity index (χ0) is 40.8. The van der Waals surface area contributed by atoms with E-state index in [1.165, 1.54) is 70.0 Å². The highest BCUT2D eigenvalue weighted by Gasteiger charge is 2.41. The molecule has 5 heteroatoms. The summed E-state index contributed by atoms with van der Waals surface area (Å²) in [5.74, 6) is -0.260. The molecular weight excluding hydrogens is 780 g/mol. The molecule has 0 N–H and O–H groups in total. The average Bonchev–Trinajstić information content (AvgIpc) is 3.86. The highest BCUT2D eigenvalue weighted by Crippen LogP contribution is 2.43. The van der Waals surface area contributed by atoms with E-state index in [0.29, 0.717) is 0 Å². The Morgan fingerprint density at radius 1 is 0.393 bits per heavy atom. The molecule has 2 heterocycles. The lowest BCUT2D eigenvalue weighted by Crippen LogP contribution is -2.74. The summed E-state index contributed by atoms with van der Waals surface area (Å²) in [5, 5.41) is 6.55.